The Morgan fingerprint density at radius 3 is 2.12 bits per heavy atom. The van der Waals surface area contributed by atoms with Crippen molar-refractivity contribution in [2.45, 2.75) is 133 Å². The Bertz CT molecular complexity index is 3770. The number of fused-ring (bicyclic) bond motifs is 11. The predicted octanol–water partition coefficient (Wildman–Crippen LogP) is 5.03. The third-order valence-corrected chi connectivity index (χ3v) is 20.8. The largest absolute Gasteiger partial charge is 0.507 e. The quantitative estimate of drug-likeness (QED) is 0.0342. The van der Waals surface area contributed by atoms with Crippen LogP contribution in [0.3, 0.4) is 0 Å². The number of ether oxygens (including phenoxy) is 10. The van der Waals surface area contributed by atoms with Crippen molar-refractivity contribution >= 4 is 40.9 Å². The Labute approximate surface area is 566 Å². The van der Waals surface area contributed by atoms with Gasteiger partial charge in [-0.1, -0.05) is 54.6 Å². The smallest absolute Gasteiger partial charge is 0.252 e. The number of methoxy groups -OCH3 is 2. The zero-order valence-corrected chi connectivity index (χ0v) is 55.5. The van der Waals surface area contributed by atoms with Crippen LogP contribution in [0, 0.1) is 11.3 Å². The van der Waals surface area contributed by atoms with Crippen LogP contribution in [-0.2, 0) is 74.8 Å². The number of nitrogens with one attached hydrogen (secondary N) is 3. The second-order valence-corrected chi connectivity index (χ2v) is 26.5. The fourth-order valence-electron chi connectivity index (χ4n) is 15.7. The minimum atomic E-state index is -2.26. The molecule has 0 bridgehead atoms. The van der Waals surface area contributed by atoms with Gasteiger partial charge in [-0.3, -0.25) is 33.7 Å². The van der Waals surface area contributed by atoms with Gasteiger partial charge in [-0.05, 0) is 68.6 Å². The second-order valence-electron chi connectivity index (χ2n) is 26.5. The number of phenols is 2. The maximum Gasteiger partial charge on any atom is 0.252 e. The van der Waals surface area contributed by atoms with Crippen LogP contribution in [0.5, 0.6) is 17.2 Å². The molecule has 5 aromatic rings. The fourth-order valence-corrected chi connectivity index (χ4v) is 15.7. The Morgan fingerprint density at radius 1 is 0.714 bits per heavy atom. The molecule has 27 nitrogen and oxygen atoms in total. The van der Waals surface area contributed by atoms with E-state index in [0.717, 1.165) is 66.6 Å². The van der Waals surface area contributed by atoms with Crippen molar-refractivity contribution in [3.05, 3.63) is 106 Å². The molecule has 1 saturated carbocycles. The lowest BCUT2D eigenvalue weighted by atomic mass is 9.65. The average molecular weight is 1360 g/mol. The summed E-state index contributed by atoms with van der Waals surface area (Å²) in [7, 11) is 2.89. The zero-order chi connectivity index (χ0) is 68.2. The summed E-state index contributed by atoms with van der Waals surface area (Å²) in [5.74, 6) is -3.69. The number of benzene rings is 4. The number of piperidine rings is 1. The number of amides is 4. The molecule has 524 valence electrons. The first-order valence-corrected chi connectivity index (χ1v) is 34.1. The maximum atomic E-state index is 14.3. The zero-order valence-electron chi connectivity index (χ0n) is 55.5. The van der Waals surface area contributed by atoms with Crippen LogP contribution >= 0.6 is 0 Å². The number of nitrogens with zero attached hydrogens (tertiary/aromatic N) is 5. The molecule has 8 unspecified atom stereocenters. The lowest BCUT2D eigenvalue weighted by Gasteiger charge is -2.45. The molecule has 3 aliphatic carbocycles. The van der Waals surface area contributed by atoms with Crippen molar-refractivity contribution in [1.29, 1.82) is 0 Å². The van der Waals surface area contributed by atoms with Gasteiger partial charge in [0.15, 0.2) is 24.6 Å². The number of aromatic nitrogens is 3. The summed E-state index contributed by atoms with van der Waals surface area (Å²) in [6, 6.07) is 19.8. The van der Waals surface area contributed by atoms with Gasteiger partial charge in [0.1, 0.15) is 40.3 Å². The van der Waals surface area contributed by atoms with E-state index in [0.29, 0.717) is 58.3 Å². The van der Waals surface area contributed by atoms with Crippen LogP contribution in [0.15, 0.2) is 66.7 Å². The normalized spacial score (nSPS) is 24.8. The number of rotatable bonds is 24. The summed E-state index contributed by atoms with van der Waals surface area (Å²) >= 11 is 0. The van der Waals surface area contributed by atoms with E-state index in [1.165, 1.54) is 25.3 Å². The molecule has 98 heavy (non-hydrogen) atoms. The van der Waals surface area contributed by atoms with Crippen molar-refractivity contribution in [2.24, 2.45) is 11.3 Å². The van der Waals surface area contributed by atoms with Crippen molar-refractivity contribution < 1.29 is 91.5 Å². The van der Waals surface area contributed by atoms with Crippen molar-refractivity contribution in [3.63, 3.8) is 0 Å². The number of aromatic amines is 1. The van der Waals surface area contributed by atoms with Gasteiger partial charge in [0.2, 0.25) is 23.5 Å². The predicted molar refractivity (Wildman–Crippen MR) is 349 cm³/mol. The second kappa shape index (κ2) is 30.0. The molecule has 5 fully saturated rings. The number of aromatic hydroxyl groups is 2. The SMILES string of the molecule is COc1cccc2c1C(=O)c1c(O)c3c(c(O)c1C2=O)CC(O)(C(=O)NCCOCCOCCOCCOCCC(=O)N1CCC2(CCC(C(=O)NCCC(=O)N4Cc5ccccc5-c5n[nH]nc5-c5ccccc54)CC2)CC1)CC3OC1CC2C(OC3C(OC)OCCN23)C(C)O1. The van der Waals surface area contributed by atoms with E-state index in [1.807, 2.05) is 60.4 Å². The van der Waals surface area contributed by atoms with Gasteiger partial charge in [-0.15, -0.1) is 0 Å². The molecule has 5 aliphatic heterocycles. The van der Waals surface area contributed by atoms with Crippen molar-refractivity contribution in [1.82, 2.24) is 35.8 Å². The molecule has 4 saturated heterocycles. The van der Waals surface area contributed by atoms with Gasteiger partial charge in [0.25, 0.3) is 5.91 Å². The Morgan fingerprint density at radius 2 is 1.39 bits per heavy atom. The van der Waals surface area contributed by atoms with E-state index in [9.17, 15) is 44.1 Å². The summed E-state index contributed by atoms with van der Waals surface area (Å²) in [6.07, 6.45) is 0.578. The van der Waals surface area contributed by atoms with Crippen LogP contribution in [-0.4, -0.2) is 225 Å². The Kier molecular flexibility index (Phi) is 21.0. The number of aliphatic hydroxyl groups is 1. The summed E-state index contributed by atoms with van der Waals surface area (Å²) in [5, 5.41) is 54.0. The molecule has 6 N–H and O–H groups in total. The number of phenolic OH excluding ortho intramolecular Hbond substituents is 2. The third-order valence-electron chi connectivity index (χ3n) is 20.8. The number of para-hydroxylation sites is 1. The number of anilines is 1. The number of morpholine rings is 1. The first kappa shape index (κ1) is 68.7. The summed E-state index contributed by atoms with van der Waals surface area (Å²) in [5.41, 5.74) is 1.50. The van der Waals surface area contributed by atoms with Crippen molar-refractivity contribution in [3.8, 4) is 39.8 Å². The Balaban J connectivity index is 0.496. The molecule has 27 heteroatoms. The highest BCUT2D eigenvalue weighted by atomic mass is 16.7. The van der Waals surface area contributed by atoms with E-state index in [4.69, 9.17) is 47.4 Å². The lowest BCUT2D eigenvalue weighted by Crippen LogP contribution is -2.55. The molecule has 8 aliphatic rings. The van der Waals surface area contributed by atoms with Crippen molar-refractivity contribution in [2.75, 3.05) is 111 Å². The van der Waals surface area contributed by atoms with E-state index < -0.39 is 89.6 Å². The summed E-state index contributed by atoms with van der Waals surface area (Å²) in [6.45, 7) is 6.70. The number of carbonyl (C=O) groups excluding carboxylic acids is 6. The van der Waals surface area contributed by atoms with Gasteiger partial charge in [0.05, 0.1) is 114 Å². The number of likely N-dealkylation sites (tertiary alicyclic amines) is 1. The van der Waals surface area contributed by atoms with E-state index in [1.54, 1.807) is 12.0 Å². The highest BCUT2D eigenvalue weighted by Gasteiger charge is 2.56. The molecule has 1 spiro atoms. The standard InChI is InChI=1S/C71H86N8O19/c1-41-65-49(78-27-30-95-68(90-3)67(78)98-65)37-54(96-41)97-51-39-71(88,38-47-56(51)64(85)58-57(62(47)83)61(82)46-12-8-14-50(89-2)55(46)63(58)84)69(87)73-24-29-92-32-34-94-36-35-93-33-31-91-28-18-52(80)77-25-21-70(22-26-77)19-15-42(16-20-70)66(86)72-23-17-53(81)79-40-43-9-4-5-10-44(43)59-60(75-76-74-59)45-11-6-7-13-48(45)79/h4-14,41-42,49,51,54,65,67-68,83,85,88H,15-40H2,1-3H3,(H,72,86)(H,73,87)(H,74,75,76). The minimum absolute atomic E-state index is 0.0121. The van der Waals surface area contributed by atoms with Gasteiger partial charge >= 0.3 is 0 Å². The Hall–Kier alpha value is -7.80. The number of hydrogen-bond acceptors (Lipinski definition) is 22. The van der Waals surface area contributed by atoms with Gasteiger partial charge in [0, 0.05) is 105 Å². The monoisotopic (exact) mass is 1350 g/mol. The molecule has 13 rings (SSSR count). The average Bonchev–Trinajstić information content (AvgIpc) is 0.855. The first-order chi connectivity index (χ1) is 47.6. The van der Waals surface area contributed by atoms with Gasteiger partial charge in [-0.25, -0.2) is 0 Å². The molecule has 8 atom stereocenters. The van der Waals surface area contributed by atoms with Gasteiger partial charge < -0.3 is 83.1 Å². The number of hydrogen-bond donors (Lipinski definition) is 6. The molecular weight excluding hydrogens is 1270 g/mol. The highest BCUT2D eigenvalue weighted by Crippen LogP contribution is 2.54. The van der Waals surface area contributed by atoms with Crippen LogP contribution < -0.4 is 20.3 Å². The maximum absolute atomic E-state index is 14.3. The van der Waals surface area contributed by atoms with Crippen LogP contribution in [0.25, 0.3) is 22.5 Å². The topological polar surface area (TPSA) is 331 Å². The first-order valence-electron chi connectivity index (χ1n) is 34.1. The van der Waals surface area contributed by atoms with E-state index in [2.05, 4.69) is 30.9 Å². The molecule has 4 aromatic carbocycles. The lowest BCUT2D eigenvalue weighted by molar-refractivity contribution is -0.256. The highest BCUT2D eigenvalue weighted by molar-refractivity contribution is 6.31. The number of carbonyl (C=O) groups is 6. The molecular formula is C71H86N8O19. The fraction of sp³-hybridized carbons (Fsp3) is 0.549. The molecule has 0 radical (unpaired) electrons. The number of ketones is 2. The molecule has 4 amide bonds. The van der Waals surface area contributed by atoms with E-state index >= 15 is 0 Å². The minimum Gasteiger partial charge on any atom is -0.507 e. The van der Waals surface area contributed by atoms with Crippen LogP contribution in [0.4, 0.5) is 5.69 Å². The van der Waals surface area contributed by atoms with Crippen LogP contribution in [0.2, 0.25) is 0 Å². The van der Waals surface area contributed by atoms with Gasteiger partial charge in [-0.2, -0.15) is 15.4 Å². The molecule has 1 aromatic heterocycles. The number of H-pyrrole nitrogens is 1. The van der Waals surface area contributed by atoms with Crippen LogP contribution in [0.1, 0.15) is 126 Å². The summed E-state index contributed by atoms with van der Waals surface area (Å²) in [4.78, 5) is 88.9. The van der Waals surface area contributed by atoms with E-state index in [-0.39, 0.29) is 135 Å². The third kappa shape index (κ3) is 13.8. The molecule has 6 heterocycles. The summed E-state index contributed by atoms with van der Waals surface area (Å²) < 4.78 is 58.9.